The molecule has 0 spiro atoms. The number of carbonyl (C=O) groups is 2. The standard InChI is InChI=1S/C14H19N3O2/c1-3-16-13(18)9-17(2)14(19)10-4-5-11-7-15-8-12(11)6-10/h4-6,15H,3,7-9H2,1-2H3,(H,16,18). The number of nitrogens with zero attached hydrogens (tertiary/aromatic N) is 1. The Hall–Kier alpha value is -1.88. The molecule has 0 saturated heterocycles. The van der Waals surface area contributed by atoms with Gasteiger partial charge in [-0.25, -0.2) is 0 Å². The van der Waals surface area contributed by atoms with Crippen molar-refractivity contribution in [3.8, 4) is 0 Å². The highest BCUT2D eigenvalue weighted by Crippen LogP contribution is 2.17. The number of hydrogen-bond donors (Lipinski definition) is 2. The number of amides is 2. The summed E-state index contributed by atoms with van der Waals surface area (Å²) in [6.45, 7) is 4.18. The van der Waals surface area contributed by atoms with E-state index in [0.717, 1.165) is 18.7 Å². The average Bonchev–Trinajstić information content (AvgIpc) is 2.85. The molecule has 2 amide bonds. The van der Waals surface area contributed by atoms with Crippen LogP contribution in [0.2, 0.25) is 0 Å². The summed E-state index contributed by atoms with van der Waals surface area (Å²) in [4.78, 5) is 25.1. The summed E-state index contributed by atoms with van der Waals surface area (Å²) < 4.78 is 0. The molecular formula is C14H19N3O2. The van der Waals surface area contributed by atoms with Crippen molar-refractivity contribution in [1.82, 2.24) is 15.5 Å². The molecule has 19 heavy (non-hydrogen) atoms. The van der Waals surface area contributed by atoms with Crippen molar-refractivity contribution in [2.24, 2.45) is 0 Å². The highest BCUT2D eigenvalue weighted by Gasteiger charge is 2.17. The summed E-state index contributed by atoms with van der Waals surface area (Å²) in [6.07, 6.45) is 0. The molecule has 1 aromatic rings. The second-order valence-corrected chi connectivity index (χ2v) is 4.70. The number of hydrogen-bond acceptors (Lipinski definition) is 3. The zero-order valence-electron chi connectivity index (χ0n) is 11.3. The van der Waals surface area contributed by atoms with Gasteiger partial charge in [-0.3, -0.25) is 9.59 Å². The van der Waals surface area contributed by atoms with Gasteiger partial charge in [-0.2, -0.15) is 0 Å². The van der Waals surface area contributed by atoms with E-state index in [1.165, 1.54) is 10.5 Å². The normalized spacial score (nSPS) is 12.9. The van der Waals surface area contributed by atoms with Crippen molar-refractivity contribution in [3.63, 3.8) is 0 Å². The predicted octanol–water partition coefficient (Wildman–Crippen LogP) is 0.498. The van der Waals surface area contributed by atoms with E-state index >= 15 is 0 Å². The number of likely N-dealkylation sites (N-methyl/N-ethyl adjacent to an activating group) is 2. The summed E-state index contributed by atoms with van der Waals surface area (Å²) in [6, 6.07) is 5.71. The van der Waals surface area contributed by atoms with Crippen LogP contribution in [0.5, 0.6) is 0 Å². The molecule has 0 aromatic heterocycles. The first kappa shape index (κ1) is 13.5. The molecule has 0 saturated carbocycles. The Kier molecular flexibility index (Phi) is 4.16. The molecule has 1 heterocycles. The van der Waals surface area contributed by atoms with Crippen molar-refractivity contribution < 1.29 is 9.59 Å². The van der Waals surface area contributed by atoms with Gasteiger partial charge in [0, 0.05) is 32.2 Å². The van der Waals surface area contributed by atoms with E-state index in [1.54, 1.807) is 7.05 Å². The summed E-state index contributed by atoms with van der Waals surface area (Å²) in [5, 5.41) is 5.92. The molecule has 0 unspecified atom stereocenters. The molecular weight excluding hydrogens is 242 g/mol. The maximum Gasteiger partial charge on any atom is 0.254 e. The van der Waals surface area contributed by atoms with Gasteiger partial charge in [-0.05, 0) is 30.2 Å². The van der Waals surface area contributed by atoms with Crippen LogP contribution in [0.15, 0.2) is 18.2 Å². The summed E-state index contributed by atoms with van der Waals surface area (Å²) in [5.74, 6) is -0.262. The van der Waals surface area contributed by atoms with E-state index < -0.39 is 0 Å². The third-order valence-electron chi connectivity index (χ3n) is 3.19. The van der Waals surface area contributed by atoms with Crippen molar-refractivity contribution in [2.45, 2.75) is 20.0 Å². The van der Waals surface area contributed by atoms with Crippen LogP contribution in [0.25, 0.3) is 0 Å². The van der Waals surface area contributed by atoms with Gasteiger partial charge in [0.2, 0.25) is 5.91 Å². The predicted molar refractivity (Wildman–Crippen MR) is 72.6 cm³/mol. The molecule has 1 aliphatic rings. The van der Waals surface area contributed by atoms with Gasteiger partial charge < -0.3 is 15.5 Å². The van der Waals surface area contributed by atoms with E-state index in [9.17, 15) is 9.59 Å². The summed E-state index contributed by atoms with van der Waals surface area (Å²) >= 11 is 0. The molecule has 5 nitrogen and oxygen atoms in total. The second kappa shape index (κ2) is 5.84. The molecule has 0 fully saturated rings. The lowest BCUT2D eigenvalue weighted by atomic mass is 10.1. The van der Waals surface area contributed by atoms with Crippen LogP contribution in [0.4, 0.5) is 0 Å². The van der Waals surface area contributed by atoms with Crippen LogP contribution < -0.4 is 10.6 Å². The fourth-order valence-corrected chi connectivity index (χ4v) is 2.19. The van der Waals surface area contributed by atoms with Crippen LogP contribution in [0, 0.1) is 0 Å². The minimum absolute atomic E-state index is 0.0853. The highest BCUT2D eigenvalue weighted by atomic mass is 16.2. The van der Waals surface area contributed by atoms with Gasteiger partial charge in [0.05, 0.1) is 6.54 Å². The molecule has 102 valence electrons. The first-order chi connectivity index (χ1) is 9.11. The lowest BCUT2D eigenvalue weighted by molar-refractivity contribution is -0.121. The van der Waals surface area contributed by atoms with E-state index in [0.29, 0.717) is 12.1 Å². The molecule has 0 radical (unpaired) electrons. The maximum absolute atomic E-state index is 12.2. The summed E-state index contributed by atoms with van der Waals surface area (Å²) in [5.41, 5.74) is 3.04. The number of fused-ring (bicyclic) bond motifs is 1. The van der Waals surface area contributed by atoms with E-state index in [1.807, 2.05) is 25.1 Å². The number of carbonyl (C=O) groups excluding carboxylic acids is 2. The van der Waals surface area contributed by atoms with Gasteiger partial charge in [-0.15, -0.1) is 0 Å². The monoisotopic (exact) mass is 261 g/mol. The molecule has 0 atom stereocenters. The Labute approximate surface area is 113 Å². The quantitative estimate of drug-likeness (QED) is 0.829. The van der Waals surface area contributed by atoms with Crippen molar-refractivity contribution in [2.75, 3.05) is 20.1 Å². The maximum atomic E-state index is 12.2. The Bertz CT molecular complexity index is 499. The Morgan fingerprint density at radius 3 is 2.79 bits per heavy atom. The van der Waals surface area contributed by atoms with Crippen LogP contribution in [0.3, 0.4) is 0 Å². The van der Waals surface area contributed by atoms with Crippen LogP contribution in [-0.4, -0.2) is 36.9 Å². The molecule has 5 heteroatoms. The topological polar surface area (TPSA) is 61.4 Å². The highest BCUT2D eigenvalue weighted by molar-refractivity contribution is 5.96. The zero-order chi connectivity index (χ0) is 13.8. The number of nitrogens with one attached hydrogen (secondary N) is 2. The smallest absolute Gasteiger partial charge is 0.254 e. The van der Waals surface area contributed by atoms with Gasteiger partial charge in [0.15, 0.2) is 0 Å². The minimum Gasteiger partial charge on any atom is -0.355 e. The lowest BCUT2D eigenvalue weighted by Gasteiger charge is -2.17. The number of rotatable bonds is 4. The number of benzene rings is 1. The molecule has 1 aromatic carbocycles. The van der Waals surface area contributed by atoms with Crippen LogP contribution in [-0.2, 0) is 17.9 Å². The third-order valence-corrected chi connectivity index (χ3v) is 3.19. The third kappa shape index (κ3) is 3.12. The first-order valence-corrected chi connectivity index (χ1v) is 6.46. The van der Waals surface area contributed by atoms with E-state index in [2.05, 4.69) is 10.6 Å². The molecule has 2 rings (SSSR count). The largest absolute Gasteiger partial charge is 0.355 e. The van der Waals surface area contributed by atoms with Crippen molar-refractivity contribution in [3.05, 3.63) is 34.9 Å². The average molecular weight is 261 g/mol. The van der Waals surface area contributed by atoms with E-state index in [4.69, 9.17) is 0 Å². The van der Waals surface area contributed by atoms with Gasteiger partial charge >= 0.3 is 0 Å². The SMILES string of the molecule is CCNC(=O)CN(C)C(=O)c1ccc2c(c1)CNC2. The summed E-state index contributed by atoms with van der Waals surface area (Å²) in [7, 11) is 1.64. The van der Waals surface area contributed by atoms with Crippen molar-refractivity contribution in [1.29, 1.82) is 0 Å². The Balaban J connectivity index is 2.05. The fourth-order valence-electron chi connectivity index (χ4n) is 2.19. The molecule has 2 N–H and O–H groups in total. The van der Waals surface area contributed by atoms with Gasteiger partial charge in [-0.1, -0.05) is 6.07 Å². The molecule has 1 aliphatic heterocycles. The van der Waals surface area contributed by atoms with E-state index in [-0.39, 0.29) is 18.4 Å². The molecule has 0 bridgehead atoms. The first-order valence-electron chi connectivity index (χ1n) is 6.46. The van der Waals surface area contributed by atoms with Gasteiger partial charge in [0.1, 0.15) is 0 Å². The minimum atomic E-state index is -0.138. The van der Waals surface area contributed by atoms with Crippen LogP contribution in [0.1, 0.15) is 28.4 Å². The fraction of sp³-hybridized carbons (Fsp3) is 0.429. The second-order valence-electron chi connectivity index (χ2n) is 4.70. The zero-order valence-corrected chi connectivity index (χ0v) is 11.3. The molecule has 0 aliphatic carbocycles. The Morgan fingerprint density at radius 2 is 2.05 bits per heavy atom. The van der Waals surface area contributed by atoms with Crippen LogP contribution >= 0.6 is 0 Å². The Morgan fingerprint density at radius 1 is 1.32 bits per heavy atom. The lowest BCUT2D eigenvalue weighted by Crippen LogP contribution is -2.38. The van der Waals surface area contributed by atoms with Gasteiger partial charge in [0.25, 0.3) is 5.91 Å². The van der Waals surface area contributed by atoms with Crippen molar-refractivity contribution >= 4 is 11.8 Å².